The molecule has 0 amide bonds. The lowest BCUT2D eigenvalue weighted by molar-refractivity contribution is 0.535. The summed E-state index contributed by atoms with van der Waals surface area (Å²) in [5.74, 6) is 1.07. The normalized spacial score (nSPS) is 13.4. The predicted molar refractivity (Wildman–Crippen MR) is 56.0 cm³/mol. The van der Waals surface area contributed by atoms with Crippen molar-refractivity contribution in [3.63, 3.8) is 0 Å². The molecule has 0 atom stereocenters. The van der Waals surface area contributed by atoms with Gasteiger partial charge in [0.2, 0.25) is 0 Å². The van der Waals surface area contributed by atoms with E-state index in [2.05, 4.69) is 51.5 Å². The van der Waals surface area contributed by atoms with Crippen LogP contribution < -0.4 is 0 Å². The Labute approximate surface area is 80.8 Å². The first-order chi connectivity index (χ1) is 5.71. The number of hydrogen-bond acceptors (Lipinski definition) is 1. The fourth-order valence-corrected chi connectivity index (χ4v) is 1.08. The van der Waals surface area contributed by atoms with Gasteiger partial charge < -0.3 is 4.98 Å². The van der Waals surface area contributed by atoms with Crippen LogP contribution in [0.1, 0.15) is 53.1 Å². The summed E-state index contributed by atoms with van der Waals surface area (Å²) < 4.78 is 0. The number of aromatic amines is 1. The average Bonchev–Trinajstić information content (AvgIpc) is 2.28. The maximum absolute atomic E-state index is 4.40. The highest BCUT2D eigenvalue weighted by Crippen LogP contribution is 2.24. The third-order valence-electron chi connectivity index (χ3n) is 2.09. The van der Waals surface area contributed by atoms with Crippen molar-refractivity contribution in [2.75, 3.05) is 0 Å². The molecule has 0 unspecified atom stereocenters. The molecule has 0 aliphatic rings. The van der Waals surface area contributed by atoms with E-state index < -0.39 is 0 Å². The number of nitrogens with zero attached hydrogens (tertiary/aromatic N) is 1. The standard InChI is InChI=1S/C11H20N2/c1-10(2,3)8-7-12-9(13-8)11(4,5)6/h7H,1-6H3,(H,12,13). The van der Waals surface area contributed by atoms with E-state index in [4.69, 9.17) is 0 Å². The molecular formula is C11H20N2. The van der Waals surface area contributed by atoms with Gasteiger partial charge in [-0.05, 0) is 0 Å². The van der Waals surface area contributed by atoms with Gasteiger partial charge in [-0.3, -0.25) is 0 Å². The van der Waals surface area contributed by atoms with Gasteiger partial charge in [-0.2, -0.15) is 0 Å². The Kier molecular flexibility index (Phi) is 2.27. The minimum Gasteiger partial charge on any atom is -0.345 e. The van der Waals surface area contributed by atoms with E-state index in [-0.39, 0.29) is 10.8 Å². The summed E-state index contributed by atoms with van der Waals surface area (Å²) in [6.07, 6.45) is 1.95. The molecular weight excluding hydrogens is 160 g/mol. The first kappa shape index (κ1) is 10.3. The molecule has 2 nitrogen and oxygen atoms in total. The lowest BCUT2D eigenvalue weighted by atomic mass is 9.92. The van der Waals surface area contributed by atoms with Crippen LogP contribution in [0.5, 0.6) is 0 Å². The molecule has 0 radical (unpaired) electrons. The van der Waals surface area contributed by atoms with E-state index in [1.165, 1.54) is 5.69 Å². The van der Waals surface area contributed by atoms with E-state index in [0.29, 0.717) is 0 Å². The van der Waals surface area contributed by atoms with E-state index >= 15 is 0 Å². The van der Waals surface area contributed by atoms with Gasteiger partial charge in [0, 0.05) is 22.7 Å². The average molecular weight is 180 g/mol. The zero-order chi connectivity index (χ0) is 10.3. The van der Waals surface area contributed by atoms with Crippen LogP contribution in [0.4, 0.5) is 0 Å². The van der Waals surface area contributed by atoms with Crippen molar-refractivity contribution < 1.29 is 0 Å². The predicted octanol–water partition coefficient (Wildman–Crippen LogP) is 3.00. The van der Waals surface area contributed by atoms with Crippen LogP contribution in [0.15, 0.2) is 6.20 Å². The Balaban J connectivity index is 3.01. The summed E-state index contributed by atoms with van der Waals surface area (Å²) in [5, 5.41) is 0. The van der Waals surface area contributed by atoms with Crippen LogP contribution >= 0.6 is 0 Å². The highest BCUT2D eigenvalue weighted by molar-refractivity contribution is 5.14. The number of imidazole rings is 1. The van der Waals surface area contributed by atoms with Crippen LogP contribution in [0.25, 0.3) is 0 Å². The molecule has 0 aromatic carbocycles. The lowest BCUT2D eigenvalue weighted by Crippen LogP contribution is -2.15. The number of H-pyrrole nitrogens is 1. The van der Waals surface area contributed by atoms with Crippen molar-refractivity contribution in [3.05, 3.63) is 17.7 Å². The van der Waals surface area contributed by atoms with Crippen molar-refractivity contribution in [1.29, 1.82) is 0 Å². The smallest absolute Gasteiger partial charge is 0.111 e. The van der Waals surface area contributed by atoms with Gasteiger partial charge >= 0.3 is 0 Å². The van der Waals surface area contributed by atoms with E-state index in [1.807, 2.05) is 6.20 Å². The fraction of sp³-hybridized carbons (Fsp3) is 0.727. The van der Waals surface area contributed by atoms with Crippen LogP contribution in [0, 0.1) is 0 Å². The van der Waals surface area contributed by atoms with Crippen molar-refractivity contribution in [2.24, 2.45) is 0 Å². The third-order valence-corrected chi connectivity index (χ3v) is 2.09. The second-order valence-electron chi connectivity index (χ2n) is 5.65. The molecule has 1 rings (SSSR count). The van der Waals surface area contributed by atoms with Crippen molar-refractivity contribution >= 4 is 0 Å². The van der Waals surface area contributed by atoms with Gasteiger partial charge in [-0.25, -0.2) is 4.98 Å². The second kappa shape index (κ2) is 2.86. The van der Waals surface area contributed by atoms with Crippen LogP contribution in [-0.2, 0) is 10.8 Å². The molecule has 2 heteroatoms. The first-order valence-electron chi connectivity index (χ1n) is 4.77. The highest BCUT2D eigenvalue weighted by Gasteiger charge is 2.21. The minimum absolute atomic E-state index is 0.115. The Morgan fingerprint density at radius 1 is 1.00 bits per heavy atom. The Morgan fingerprint density at radius 3 is 1.77 bits per heavy atom. The molecule has 0 spiro atoms. The summed E-state index contributed by atoms with van der Waals surface area (Å²) >= 11 is 0. The number of rotatable bonds is 0. The zero-order valence-electron chi connectivity index (χ0n) is 9.52. The molecule has 1 aromatic heterocycles. The van der Waals surface area contributed by atoms with E-state index in [1.54, 1.807) is 0 Å². The SMILES string of the molecule is CC(C)(C)c1cnc(C(C)(C)C)[nH]1. The zero-order valence-corrected chi connectivity index (χ0v) is 9.52. The molecule has 1 aromatic rings. The molecule has 0 saturated carbocycles. The Hall–Kier alpha value is -0.790. The summed E-state index contributed by atoms with van der Waals surface area (Å²) in [6.45, 7) is 13.1. The largest absolute Gasteiger partial charge is 0.345 e. The van der Waals surface area contributed by atoms with Gasteiger partial charge in [-0.1, -0.05) is 41.5 Å². The molecule has 74 valence electrons. The minimum atomic E-state index is 0.115. The molecule has 1 N–H and O–H groups in total. The first-order valence-corrected chi connectivity index (χ1v) is 4.77. The van der Waals surface area contributed by atoms with Gasteiger partial charge in [0.05, 0.1) is 0 Å². The van der Waals surface area contributed by atoms with Crippen LogP contribution in [0.2, 0.25) is 0 Å². The Morgan fingerprint density at radius 2 is 1.54 bits per heavy atom. The molecule has 1 heterocycles. The molecule has 0 saturated heterocycles. The quantitative estimate of drug-likeness (QED) is 0.653. The topological polar surface area (TPSA) is 28.7 Å². The Bertz CT molecular complexity index is 255. The van der Waals surface area contributed by atoms with Gasteiger partial charge in [0.1, 0.15) is 5.82 Å². The molecule has 0 aliphatic carbocycles. The molecule has 0 aliphatic heterocycles. The van der Waals surface area contributed by atoms with Crippen molar-refractivity contribution in [2.45, 2.75) is 52.4 Å². The fourth-order valence-electron chi connectivity index (χ4n) is 1.08. The van der Waals surface area contributed by atoms with Gasteiger partial charge in [0.25, 0.3) is 0 Å². The number of hydrogen-bond donors (Lipinski definition) is 1. The summed E-state index contributed by atoms with van der Waals surface area (Å²) in [7, 11) is 0. The summed E-state index contributed by atoms with van der Waals surface area (Å²) in [6, 6.07) is 0. The highest BCUT2D eigenvalue weighted by atomic mass is 14.9. The van der Waals surface area contributed by atoms with Gasteiger partial charge in [-0.15, -0.1) is 0 Å². The molecule has 13 heavy (non-hydrogen) atoms. The maximum atomic E-state index is 4.40. The van der Waals surface area contributed by atoms with E-state index in [9.17, 15) is 0 Å². The van der Waals surface area contributed by atoms with Gasteiger partial charge in [0.15, 0.2) is 0 Å². The van der Waals surface area contributed by atoms with Crippen LogP contribution in [0.3, 0.4) is 0 Å². The molecule has 0 bridgehead atoms. The summed E-state index contributed by atoms with van der Waals surface area (Å²) in [4.78, 5) is 7.78. The van der Waals surface area contributed by atoms with Crippen molar-refractivity contribution in [3.8, 4) is 0 Å². The lowest BCUT2D eigenvalue weighted by Gasteiger charge is -2.17. The van der Waals surface area contributed by atoms with E-state index in [0.717, 1.165) is 5.82 Å². The number of nitrogens with one attached hydrogen (secondary N) is 1. The molecule has 0 fully saturated rings. The number of aromatic nitrogens is 2. The van der Waals surface area contributed by atoms with Crippen LogP contribution in [-0.4, -0.2) is 9.97 Å². The summed E-state index contributed by atoms with van der Waals surface area (Å²) in [5.41, 5.74) is 1.48. The third kappa shape index (κ3) is 2.33. The monoisotopic (exact) mass is 180 g/mol. The maximum Gasteiger partial charge on any atom is 0.111 e. The van der Waals surface area contributed by atoms with Crippen molar-refractivity contribution in [1.82, 2.24) is 9.97 Å². The second-order valence-corrected chi connectivity index (χ2v) is 5.65.